The Kier molecular flexibility index (Phi) is 4.68. The Hall–Kier alpha value is -2.66. The third-order valence-electron chi connectivity index (χ3n) is 3.51. The lowest BCUT2D eigenvalue weighted by Crippen LogP contribution is -2.15. The number of rotatable bonds is 5. The Labute approximate surface area is 133 Å². The van der Waals surface area contributed by atoms with E-state index in [-0.39, 0.29) is 12.1 Å². The van der Waals surface area contributed by atoms with E-state index in [1.54, 1.807) is 18.6 Å². The molecule has 2 heterocycles. The highest BCUT2D eigenvalue weighted by Gasteiger charge is 2.07. The van der Waals surface area contributed by atoms with E-state index in [9.17, 15) is 8.78 Å². The molecule has 0 saturated carbocycles. The minimum absolute atomic E-state index is 0.0425. The maximum absolute atomic E-state index is 13.5. The van der Waals surface area contributed by atoms with Gasteiger partial charge in [0.05, 0.1) is 5.69 Å². The van der Waals surface area contributed by atoms with Crippen LogP contribution in [0.3, 0.4) is 0 Å². The lowest BCUT2D eigenvalue weighted by atomic mass is 10.1. The third-order valence-corrected chi connectivity index (χ3v) is 3.51. The van der Waals surface area contributed by atoms with E-state index in [0.29, 0.717) is 6.54 Å². The molecule has 0 unspecified atom stereocenters. The number of halogens is 2. The van der Waals surface area contributed by atoms with Gasteiger partial charge in [-0.3, -0.25) is 9.97 Å². The zero-order chi connectivity index (χ0) is 16.1. The van der Waals surface area contributed by atoms with Crippen LogP contribution in [-0.2, 0) is 13.1 Å². The van der Waals surface area contributed by atoms with Crippen molar-refractivity contribution in [2.45, 2.75) is 13.1 Å². The Morgan fingerprint density at radius 2 is 1.57 bits per heavy atom. The van der Waals surface area contributed by atoms with Crippen molar-refractivity contribution in [1.29, 1.82) is 0 Å². The second-order valence-electron chi connectivity index (χ2n) is 5.08. The first-order chi connectivity index (χ1) is 11.2. The number of benzene rings is 1. The van der Waals surface area contributed by atoms with Crippen molar-refractivity contribution >= 4 is 0 Å². The third kappa shape index (κ3) is 3.76. The largest absolute Gasteiger partial charge is 0.307 e. The second-order valence-corrected chi connectivity index (χ2v) is 5.08. The summed E-state index contributed by atoms with van der Waals surface area (Å²) < 4.78 is 27.0. The Bertz CT molecular complexity index is 754. The molecule has 1 N–H and O–H groups in total. The van der Waals surface area contributed by atoms with Crippen LogP contribution >= 0.6 is 0 Å². The Morgan fingerprint density at radius 3 is 2.22 bits per heavy atom. The average molecular weight is 311 g/mol. The van der Waals surface area contributed by atoms with Crippen LogP contribution in [0.5, 0.6) is 0 Å². The highest BCUT2D eigenvalue weighted by atomic mass is 19.1. The van der Waals surface area contributed by atoms with Crippen molar-refractivity contribution in [1.82, 2.24) is 15.3 Å². The summed E-state index contributed by atoms with van der Waals surface area (Å²) in [6, 6.07) is 11.5. The smallest absolute Gasteiger partial charge is 0.130 e. The SMILES string of the molecule is Fc1cccc(F)c1CNCc1ccc(-c2ccncc2)cn1. The first-order valence-electron chi connectivity index (χ1n) is 7.23. The molecule has 0 radical (unpaired) electrons. The van der Waals surface area contributed by atoms with Crippen LogP contribution < -0.4 is 5.32 Å². The minimum atomic E-state index is -0.543. The van der Waals surface area contributed by atoms with Crippen molar-refractivity contribution in [3.05, 3.63) is 83.9 Å². The number of pyridine rings is 2. The van der Waals surface area contributed by atoms with Crippen LogP contribution in [0.1, 0.15) is 11.3 Å². The van der Waals surface area contributed by atoms with Crippen LogP contribution in [0.2, 0.25) is 0 Å². The van der Waals surface area contributed by atoms with E-state index in [1.165, 1.54) is 18.2 Å². The quantitative estimate of drug-likeness (QED) is 0.780. The molecule has 3 nitrogen and oxygen atoms in total. The first-order valence-corrected chi connectivity index (χ1v) is 7.23. The van der Waals surface area contributed by atoms with Gasteiger partial charge < -0.3 is 5.32 Å². The predicted molar refractivity (Wildman–Crippen MR) is 84.4 cm³/mol. The molecule has 0 aliphatic heterocycles. The van der Waals surface area contributed by atoms with Crippen molar-refractivity contribution in [3.63, 3.8) is 0 Å². The molecule has 0 bridgehead atoms. The fourth-order valence-electron chi connectivity index (χ4n) is 2.26. The van der Waals surface area contributed by atoms with Crippen LogP contribution in [0.4, 0.5) is 8.78 Å². The summed E-state index contributed by atoms with van der Waals surface area (Å²) in [5, 5.41) is 3.01. The van der Waals surface area contributed by atoms with E-state index in [4.69, 9.17) is 0 Å². The molecule has 1 aromatic carbocycles. The molecular formula is C18H15F2N3. The maximum atomic E-state index is 13.5. The number of hydrogen-bond acceptors (Lipinski definition) is 3. The van der Waals surface area contributed by atoms with Gasteiger partial charge in [0.25, 0.3) is 0 Å². The molecule has 0 fully saturated rings. The number of aromatic nitrogens is 2. The summed E-state index contributed by atoms with van der Waals surface area (Å²) in [4.78, 5) is 8.34. The predicted octanol–water partition coefficient (Wildman–Crippen LogP) is 3.71. The fraction of sp³-hybridized carbons (Fsp3) is 0.111. The average Bonchev–Trinajstić information content (AvgIpc) is 2.59. The molecule has 23 heavy (non-hydrogen) atoms. The summed E-state index contributed by atoms with van der Waals surface area (Å²) >= 11 is 0. The van der Waals surface area contributed by atoms with Gasteiger partial charge in [-0.15, -0.1) is 0 Å². The van der Waals surface area contributed by atoms with Crippen LogP contribution in [0.15, 0.2) is 61.1 Å². The van der Waals surface area contributed by atoms with Gasteiger partial charge in [0, 0.05) is 42.8 Å². The summed E-state index contributed by atoms with van der Waals surface area (Å²) in [7, 11) is 0. The molecule has 2 aromatic heterocycles. The molecule has 5 heteroatoms. The molecule has 0 amide bonds. The van der Waals surface area contributed by atoms with Crippen molar-refractivity contribution < 1.29 is 8.78 Å². The summed E-state index contributed by atoms with van der Waals surface area (Å²) in [6.45, 7) is 0.552. The van der Waals surface area contributed by atoms with Gasteiger partial charge in [-0.25, -0.2) is 8.78 Å². The van der Waals surface area contributed by atoms with Gasteiger partial charge in [0.1, 0.15) is 11.6 Å². The second kappa shape index (κ2) is 7.07. The van der Waals surface area contributed by atoms with Crippen LogP contribution in [0.25, 0.3) is 11.1 Å². The summed E-state index contributed by atoms with van der Waals surface area (Å²) in [6.07, 6.45) is 5.23. The minimum Gasteiger partial charge on any atom is -0.307 e. The molecule has 0 saturated heterocycles. The van der Waals surface area contributed by atoms with Gasteiger partial charge >= 0.3 is 0 Å². The van der Waals surface area contributed by atoms with Gasteiger partial charge in [-0.05, 0) is 35.9 Å². The van der Waals surface area contributed by atoms with Crippen molar-refractivity contribution in [2.24, 2.45) is 0 Å². The van der Waals surface area contributed by atoms with E-state index in [2.05, 4.69) is 15.3 Å². The molecule has 3 aromatic rings. The lowest BCUT2D eigenvalue weighted by Gasteiger charge is -2.07. The monoisotopic (exact) mass is 311 g/mol. The number of nitrogens with one attached hydrogen (secondary N) is 1. The van der Waals surface area contributed by atoms with E-state index in [0.717, 1.165) is 16.8 Å². The Morgan fingerprint density at radius 1 is 0.826 bits per heavy atom. The summed E-state index contributed by atoms with van der Waals surface area (Å²) in [5.74, 6) is -1.09. The molecule has 0 aliphatic rings. The van der Waals surface area contributed by atoms with Crippen LogP contribution in [-0.4, -0.2) is 9.97 Å². The van der Waals surface area contributed by atoms with Crippen LogP contribution in [0, 0.1) is 11.6 Å². The molecule has 0 spiro atoms. The zero-order valence-corrected chi connectivity index (χ0v) is 12.3. The lowest BCUT2D eigenvalue weighted by molar-refractivity contribution is 0.534. The van der Waals surface area contributed by atoms with Gasteiger partial charge in [-0.1, -0.05) is 12.1 Å². The topological polar surface area (TPSA) is 37.8 Å². The van der Waals surface area contributed by atoms with Crippen molar-refractivity contribution in [3.8, 4) is 11.1 Å². The normalized spacial score (nSPS) is 10.7. The van der Waals surface area contributed by atoms with Gasteiger partial charge in [-0.2, -0.15) is 0 Å². The molecule has 3 rings (SSSR count). The van der Waals surface area contributed by atoms with Gasteiger partial charge in [0.15, 0.2) is 0 Å². The Balaban J connectivity index is 1.61. The van der Waals surface area contributed by atoms with Crippen molar-refractivity contribution in [2.75, 3.05) is 0 Å². The first kappa shape index (κ1) is 15.2. The number of hydrogen-bond donors (Lipinski definition) is 1. The molecule has 116 valence electrons. The van der Waals surface area contributed by atoms with E-state index in [1.807, 2.05) is 24.3 Å². The zero-order valence-electron chi connectivity index (χ0n) is 12.3. The summed E-state index contributed by atoms with van der Waals surface area (Å²) in [5.41, 5.74) is 2.89. The maximum Gasteiger partial charge on any atom is 0.130 e. The molecule has 0 aliphatic carbocycles. The molecular weight excluding hydrogens is 296 g/mol. The van der Waals surface area contributed by atoms with Gasteiger partial charge in [0.2, 0.25) is 0 Å². The van der Waals surface area contributed by atoms with E-state index >= 15 is 0 Å². The fourth-order valence-corrected chi connectivity index (χ4v) is 2.26. The standard InChI is InChI=1S/C18H15F2N3/c19-17-2-1-3-18(20)16(17)12-22-11-15-5-4-14(10-23-15)13-6-8-21-9-7-13/h1-10,22H,11-12H2. The highest BCUT2D eigenvalue weighted by molar-refractivity contribution is 5.61. The van der Waals surface area contributed by atoms with E-state index < -0.39 is 11.6 Å². The highest BCUT2D eigenvalue weighted by Crippen LogP contribution is 2.17. The molecule has 0 atom stereocenters. The number of nitrogens with zero attached hydrogens (tertiary/aromatic N) is 2.